The average molecular weight is 193 g/mol. The van der Waals surface area contributed by atoms with Gasteiger partial charge in [0, 0.05) is 6.42 Å². The predicted molar refractivity (Wildman–Crippen MR) is 41.2 cm³/mol. The maximum atomic E-state index is 9.99. The van der Waals surface area contributed by atoms with Crippen molar-refractivity contribution in [2.24, 2.45) is 5.73 Å². The van der Waals surface area contributed by atoms with Crippen LogP contribution in [0.2, 0.25) is 0 Å². The van der Waals surface area contributed by atoms with E-state index in [0.29, 0.717) is 0 Å². The monoisotopic (exact) mass is 193 g/mol. The van der Waals surface area contributed by atoms with Crippen LogP contribution in [-0.2, 0) is 14.4 Å². The van der Waals surface area contributed by atoms with Gasteiger partial charge in [0.1, 0.15) is 6.04 Å². The number of hydrogen-bond donors (Lipinski definition) is 4. The van der Waals surface area contributed by atoms with Crippen LogP contribution in [0.15, 0.2) is 0 Å². The Bertz CT molecular complexity index is 180. The van der Waals surface area contributed by atoms with Crippen LogP contribution < -0.4 is 5.73 Å². The molecule has 13 heavy (non-hydrogen) atoms. The molecule has 0 saturated heterocycles. The lowest BCUT2D eigenvalue weighted by Crippen LogP contribution is -2.30. The summed E-state index contributed by atoms with van der Waals surface area (Å²) in [6.07, 6.45) is -0.224. The number of carboxylic acid groups (broad SMARTS) is 3. The summed E-state index contributed by atoms with van der Waals surface area (Å²) in [6, 6.07) is -1.06. The molecule has 0 aliphatic heterocycles. The molecule has 7 heteroatoms. The molecule has 0 rings (SSSR count). The minimum Gasteiger partial charge on any atom is -0.483 e. The average Bonchev–Trinajstić information content (AvgIpc) is 2.01. The van der Waals surface area contributed by atoms with Gasteiger partial charge in [0.25, 0.3) is 6.47 Å². The molecule has 0 saturated carbocycles. The maximum absolute atomic E-state index is 9.99. The summed E-state index contributed by atoms with van der Waals surface area (Å²) in [5.74, 6) is -2.20. The highest BCUT2D eigenvalue weighted by molar-refractivity contribution is 5.74. The van der Waals surface area contributed by atoms with Gasteiger partial charge in [-0.05, 0) is 6.42 Å². The van der Waals surface area contributed by atoms with Crippen LogP contribution >= 0.6 is 0 Å². The lowest BCUT2D eigenvalue weighted by atomic mass is 10.2. The Hall–Kier alpha value is -1.63. The second-order valence-electron chi connectivity index (χ2n) is 1.98. The Morgan fingerprint density at radius 3 is 2.00 bits per heavy atom. The van der Waals surface area contributed by atoms with Crippen LogP contribution in [0.25, 0.3) is 0 Å². The normalized spacial score (nSPS) is 10.5. The van der Waals surface area contributed by atoms with Crippen LogP contribution in [-0.4, -0.2) is 39.8 Å². The fourth-order valence-corrected chi connectivity index (χ4v) is 0.402. The van der Waals surface area contributed by atoms with Gasteiger partial charge in [-0.15, -0.1) is 0 Å². The van der Waals surface area contributed by atoms with Gasteiger partial charge < -0.3 is 21.1 Å². The molecule has 0 aliphatic rings. The SMILES string of the molecule is N[C@@H](CCC(=O)O)C(=O)O.O=CO. The van der Waals surface area contributed by atoms with Crippen LogP contribution in [0.1, 0.15) is 12.8 Å². The van der Waals surface area contributed by atoms with Gasteiger partial charge in [-0.2, -0.15) is 0 Å². The highest BCUT2D eigenvalue weighted by Crippen LogP contribution is 1.93. The van der Waals surface area contributed by atoms with E-state index in [4.69, 9.17) is 25.8 Å². The van der Waals surface area contributed by atoms with E-state index in [-0.39, 0.29) is 19.3 Å². The van der Waals surface area contributed by atoms with Crippen molar-refractivity contribution in [3.05, 3.63) is 0 Å². The highest BCUT2D eigenvalue weighted by Gasteiger charge is 2.12. The summed E-state index contributed by atoms with van der Waals surface area (Å²) in [5, 5.41) is 23.2. The third kappa shape index (κ3) is 13.4. The van der Waals surface area contributed by atoms with Crippen molar-refractivity contribution in [2.45, 2.75) is 18.9 Å². The van der Waals surface area contributed by atoms with Gasteiger partial charge in [-0.1, -0.05) is 0 Å². The lowest BCUT2D eigenvalue weighted by Gasteiger charge is -2.01. The molecule has 0 amide bonds. The van der Waals surface area contributed by atoms with Crippen LogP contribution in [0.4, 0.5) is 0 Å². The molecule has 76 valence electrons. The van der Waals surface area contributed by atoms with Crippen LogP contribution in [0, 0.1) is 0 Å². The summed E-state index contributed by atoms with van der Waals surface area (Å²) in [4.78, 5) is 28.2. The van der Waals surface area contributed by atoms with Crippen molar-refractivity contribution in [1.82, 2.24) is 0 Å². The lowest BCUT2D eigenvalue weighted by molar-refractivity contribution is -0.140. The molecule has 0 bridgehead atoms. The van der Waals surface area contributed by atoms with E-state index in [9.17, 15) is 9.59 Å². The first-order chi connectivity index (χ1) is 5.95. The fourth-order valence-electron chi connectivity index (χ4n) is 0.402. The smallest absolute Gasteiger partial charge is 0.320 e. The van der Waals surface area contributed by atoms with Crippen molar-refractivity contribution in [1.29, 1.82) is 0 Å². The largest absolute Gasteiger partial charge is 0.483 e. The van der Waals surface area contributed by atoms with Gasteiger partial charge in [0.05, 0.1) is 0 Å². The number of hydrogen-bond acceptors (Lipinski definition) is 4. The number of nitrogens with two attached hydrogens (primary N) is 1. The summed E-state index contributed by atoms with van der Waals surface area (Å²) >= 11 is 0. The van der Waals surface area contributed by atoms with Crippen molar-refractivity contribution in [3.63, 3.8) is 0 Å². The highest BCUT2D eigenvalue weighted by atomic mass is 16.4. The Balaban J connectivity index is 0. The molecule has 0 aromatic carbocycles. The van der Waals surface area contributed by atoms with E-state index in [0.717, 1.165) is 0 Å². The molecule has 0 unspecified atom stereocenters. The molecule has 0 spiro atoms. The van der Waals surface area contributed by atoms with Crippen molar-refractivity contribution in [2.75, 3.05) is 0 Å². The van der Waals surface area contributed by atoms with Crippen molar-refractivity contribution < 1.29 is 29.7 Å². The number of aliphatic carboxylic acids is 2. The van der Waals surface area contributed by atoms with Crippen LogP contribution in [0.5, 0.6) is 0 Å². The summed E-state index contributed by atoms with van der Waals surface area (Å²) in [7, 11) is 0. The van der Waals surface area contributed by atoms with Crippen molar-refractivity contribution in [3.8, 4) is 0 Å². The third-order valence-corrected chi connectivity index (χ3v) is 0.986. The van der Waals surface area contributed by atoms with Crippen molar-refractivity contribution >= 4 is 18.4 Å². The molecule has 0 heterocycles. The summed E-state index contributed by atoms with van der Waals surface area (Å²) < 4.78 is 0. The molecular formula is C6H11NO6. The van der Waals surface area contributed by atoms with E-state index in [1.807, 2.05) is 0 Å². The molecular weight excluding hydrogens is 182 g/mol. The molecule has 0 aliphatic carbocycles. The molecule has 5 N–H and O–H groups in total. The second-order valence-corrected chi connectivity index (χ2v) is 1.98. The zero-order chi connectivity index (χ0) is 10.9. The first-order valence-corrected chi connectivity index (χ1v) is 3.23. The third-order valence-electron chi connectivity index (χ3n) is 0.986. The van der Waals surface area contributed by atoms with E-state index < -0.39 is 18.0 Å². The minimum absolute atomic E-state index is 0.0231. The topological polar surface area (TPSA) is 138 Å². The Morgan fingerprint density at radius 1 is 1.38 bits per heavy atom. The Kier molecular flexibility index (Phi) is 9.07. The fraction of sp³-hybridized carbons (Fsp3) is 0.500. The molecule has 1 atom stereocenters. The molecule has 0 fully saturated rings. The number of carbonyl (C=O) groups is 3. The number of rotatable bonds is 4. The van der Waals surface area contributed by atoms with E-state index in [1.165, 1.54) is 0 Å². The van der Waals surface area contributed by atoms with Gasteiger partial charge >= 0.3 is 11.9 Å². The zero-order valence-electron chi connectivity index (χ0n) is 6.71. The predicted octanol–water partition coefficient (Wildman–Crippen LogP) is -1.04. The minimum atomic E-state index is -1.17. The van der Waals surface area contributed by atoms with Gasteiger partial charge in [-0.25, -0.2) is 0 Å². The number of carboxylic acids is 2. The zero-order valence-corrected chi connectivity index (χ0v) is 6.71. The first kappa shape index (κ1) is 13.9. The van der Waals surface area contributed by atoms with Crippen LogP contribution in [0.3, 0.4) is 0 Å². The van der Waals surface area contributed by atoms with E-state index >= 15 is 0 Å². The Labute approximate surface area is 73.8 Å². The summed E-state index contributed by atoms with van der Waals surface area (Å²) in [5.41, 5.74) is 5.00. The first-order valence-electron chi connectivity index (χ1n) is 3.23. The molecule has 0 aromatic rings. The van der Waals surface area contributed by atoms with E-state index in [2.05, 4.69) is 0 Å². The van der Waals surface area contributed by atoms with Gasteiger partial charge in [0.2, 0.25) is 0 Å². The molecule has 7 nitrogen and oxygen atoms in total. The van der Waals surface area contributed by atoms with Gasteiger partial charge in [0.15, 0.2) is 0 Å². The standard InChI is InChI=1S/C5H9NO4.CH2O2/c6-3(5(9)10)1-2-4(7)8;2-1-3/h3H,1-2,6H2,(H,7,8)(H,9,10);1H,(H,2,3)/t3-;/m0./s1. The maximum Gasteiger partial charge on any atom is 0.320 e. The van der Waals surface area contributed by atoms with E-state index in [1.54, 1.807) is 0 Å². The molecule has 0 radical (unpaired) electrons. The van der Waals surface area contributed by atoms with Gasteiger partial charge in [-0.3, -0.25) is 14.4 Å². The quantitative estimate of drug-likeness (QED) is 0.418. The molecule has 0 aromatic heterocycles. The Morgan fingerprint density at radius 2 is 1.77 bits per heavy atom. The second kappa shape index (κ2) is 8.47. The summed E-state index contributed by atoms with van der Waals surface area (Å²) in [6.45, 7) is -0.250.